The summed E-state index contributed by atoms with van der Waals surface area (Å²) in [7, 11) is 0. The minimum Gasteiger partial charge on any atom is -0.381 e. The third-order valence-electron chi connectivity index (χ3n) is 7.92. The Hall–Kier alpha value is -2.72. The summed E-state index contributed by atoms with van der Waals surface area (Å²) in [5, 5.41) is 4.00. The van der Waals surface area contributed by atoms with Crippen LogP contribution in [0, 0.1) is 17.6 Å². The van der Waals surface area contributed by atoms with Gasteiger partial charge in [-0.15, -0.1) is 0 Å². The maximum absolute atomic E-state index is 15.7. The zero-order valence-electron chi connectivity index (χ0n) is 21.3. The van der Waals surface area contributed by atoms with Crippen LogP contribution in [0.15, 0.2) is 36.4 Å². The highest BCUT2D eigenvalue weighted by Gasteiger charge is 2.45. The Bertz CT molecular complexity index is 1260. The van der Waals surface area contributed by atoms with Crippen LogP contribution in [0.1, 0.15) is 43.1 Å². The molecule has 0 aliphatic carbocycles. The number of hydrogen-bond acceptors (Lipinski definition) is 3. The molecule has 38 heavy (non-hydrogen) atoms. The maximum Gasteiger partial charge on any atom is 0.282 e. The zero-order chi connectivity index (χ0) is 27.1. The van der Waals surface area contributed by atoms with Crippen LogP contribution < -0.4 is 5.32 Å². The van der Waals surface area contributed by atoms with E-state index in [0.717, 1.165) is 34.5 Å². The number of H-pyrrole nitrogens is 1. The summed E-state index contributed by atoms with van der Waals surface area (Å²) in [5.74, 6) is -1.72. The number of benzene rings is 2. The molecule has 0 spiro atoms. The fourth-order valence-electron chi connectivity index (χ4n) is 6.15. The van der Waals surface area contributed by atoms with Crippen LogP contribution in [0.4, 0.5) is 32.0 Å². The van der Waals surface area contributed by atoms with E-state index in [-0.39, 0.29) is 24.1 Å². The fourth-order valence-corrected chi connectivity index (χ4v) is 6.15. The van der Waals surface area contributed by atoms with Gasteiger partial charge in [0.2, 0.25) is 6.30 Å². The van der Waals surface area contributed by atoms with E-state index in [1.54, 1.807) is 19.1 Å². The molecular formula is C28H32F6N4. The van der Waals surface area contributed by atoms with Crippen LogP contribution in [0.2, 0.25) is 0 Å². The topological polar surface area (TPSA) is 34.3 Å². The largest absolute Gasteiger partial charge is 0.381 e. The molecule has 1 aromatic heterocycles. The van der Waals surface area contributed by atoms with E-state index in [2.05, 4.69) is 15.2 Å². The molecule has 206 valence electrons. The molecule has 10 heteroatoms. The van der Waals surface area contributed by atoms with Crippen LogP contribution in [-0.2, 0) is 6.42 Å². The number of hydrogen-bond donors (Lipinski definition) is 2. The van der Waals surface area contributed by atoms with Gasteiger partial charge in [-0.1, -0.05) is 25.1 Å². The van der Waals surface area contributed by atoms with Crippen molar-refractivity contribution in [2.75, 3.05) is 31.6 Å². The predicted molar refractivity (Wildman–Crippen MR) is 136 cm³/mol. The van der Waals surface area contributed by atoms with Crippen molar-refractivity contribution in [1.29, 1.82) is 0 Å². The summed E-state index contributed by atoms with van der Waals surface area (Å²) < 4.78 is 86.3. The van der Waals surface area contributed by atoms with E-state index in [4.69, 9.17) is 0 Å². The fraction of sp³-hybridized carbons (Fsp3) is 0.500. The van der Waals surface area contributed by atoms with Crippen molar-refractivity contribution in [1.82, 2.24) is 14.8 Å². The second kappa shape index (κ2) is 10.8. The Morgan fingerprint density at radius 2 is 1.76 bits per heavy atom. The van der Waals surface area contributed by atoms with Crippen LogP contribution in [0.5, 0.6) is 0 Å². The Kier molecular flexibility index (Phi) is 7.64. The molecule has 0 saturated carbocycles. The van der Waals surface area contributed by atoms with Crippen molar-refractivity contribution in [2.24, 2.45) is 5.92 Å². The standard InChI is InChI=1S/C28H32F6N4/c1-15-13-37(9-5-8-29)14-23(15)35-17-11-20(30)24(21(31)12-17)26-25-19(18-6-3-4-7-22(18)36-25)10-16(2)38(26)28(34)27(32)33/h3-4,6-7,11-12,15-16,23,26-28,35-36H,5,8-10,13-14H2,1-2H3/t15?,16-,23?,26+,28?/m1/s1. The molecule has 2 N–H and O–H groups in total. The van der Waals surface area contributed by atoms with E-state index in [1.807, 2.05) is 19.1 Å². The molecule has 0 amide bonds. The van der Waals surface area contributed by atoms with Crippen LogP contribution in [0.3, 0.4) is 0 Å². The van der Waals surface area contributed by atoms with Crippen molar-refractivity contribution in [3.05, 3.63) is 64.9 Å². The Balaban J connectivity index is 1.52. The second-order valence-corrected chi connectivity index (χ2v) is 10.6. The summed E-state index contributed by atoms with van der Waals surface area (Å²) >= 11 is 0. The molecule has 2 aliphatic heterocycles. The van der Waals surface area contributed by atoms with Crippen molar-refractivity contribution < 1.29 is 26.3 Å². The second-order valence-electron chi connectivity index (χ2n) is 10.6. The maximum atomic E-state index is 15.7. The third kappa shape index (κ3) is 4.88. The van der Waals surface area contributed by atoms with Gasteiger partial charge in [0.15, 0.2) is 0 Å². The predicted octanol–water partition coefficient (Wildman–Crippen LogP) is 6.43. The first-order valence-electron chi connectivity index (χ1n) is 13.0. The number of para-hydroxylation sites is 1. The number of anilines is 1. The van der Waals surface area contributed by atoms with Crippen molar-refractivity contribution in [2.45, 2.75) is 57.5 Å². The number of rotatable bonds is 8. The summed E-state index contributed by atoms with van der Waals surface area (Å²) in [6.45, 7) is 5.16. The van der Waals surface area contributed by atoms with Gasteiger partial charge >= 0.3 is 0 Å². The molecule has 5 rings (SSSR count). The quantitative estimate of drug-likeness (QED) is 0.256. The van der Waals surface area contributed by atoms with Gasteiger partial charge in [-0.3, -0.25) is 9.29 Å². The minimum absolute atomic E-state index is 0.0974. The number of fused-ring (bicyclic) bond motifs is 3. The number of aromatic nitrogens is 1. The van der Waals surface area contributed by atoms with Gasteiger partial charge in [-0.05, 0) is 49.4 Å². The lowest BCUT2D eigenvalue weighted by Gasteiger charge is -2.42. The van der Waals surface area contributed by atoms with Crippen LogP contribution in [0.25, 0.3) is 10.9 Å². The number of likely N-dealkylation sites (tertiary alicyclic amines) is 1. The first-order valence-corrected chi connectivity index (χ1v) is 13.0. The number of nitrogens with one attached hydrogen (secondary N) is 2. The van der Waals surface area contributed by atoms with E-state index >= 15 is 13.2 Å². The van der Waals surface area contributed by atoms with Gasteiger partial charge < -0.3 is 15.2 Å². The van der Waals surface area contributed by atoms with Crippen molar-refractivity contribution in [3.8, 4) is 0 Å². The molecule has 5 atom stereocenters. The molecule has 2 aliphatic rings. The number of halogens is 6. The lowest BCUT2D eigenvalue weighted by atomic mass is 9.87. The number of alkyl halides is 4. The van der Waals surface area contributed by atoms with Gasteiger partial charge in [0.25, 0.3) is 6.43 Å². The van der Waals surface area contributed by atoms with Crippen molar-refractivity contribution >= 4 is 16.6 Å². The van der Waals surface area contributed by atoms with Crippen molar-refractivity contribution in [3.63, 3.8) is 0 Å². The zero-order valence-corrected chi connectivity index (χ0v) is 21.3. The number of aromatic amines is 1. The average Bonchev–Trinajstić information content (AvgIpc) is 3.41. The molecule has 0 radical (unpaired) electrons. The smallest absolute Gasteiger partial charge is 0.282 e. The van der Waals surface area contributed by atoms with Crippen LogP contribution in [-0.4, -0.2) is 65.9 Å². The normalized spacial score (nSPS) is 25.3. The highest BCUT2D eigenvalue weighted by atomic mass is 19.3. The average molecular weight is 539 g/mol. The SMILES string of the molecule is CC1CN(CCCF)CC1Nc1cc(F)c([C@H]2c3[nH]c4ccccc4c3C[C@@H](C)N2C(F)C(F)F)c(F)c1. The molecule has 0 bridgehead atoms. The van der Waals surface area contributed by atoms with Crippen LogP contribution >= 0.6 is 0 Å². The molecular weight excluding hydrogens is 506 g/mol. The van der Waals surface area contributed by atoms with Gasteiger partial charge in [-0.25, -0.2) is 22.0 Å². The first-order chi connectivity index (χ1) is 18.2. The Labute approximate surface area is 218 Å². The van der Waals surface area contributed by atoms with Gasteiger partial charge in [0.1, 0.15) is 11.6 Å². The van der Waals surface area contributed by atoms with E-state index < -0.39 is 48.7 Å². The molecule has 1 saturated heterocycles. The molecule has 1 fully saturated rings. The molecule has 4 nitrogen and oxygen atoms in total. The lowest BCUT2D eigenvalue weighted by molar-refractivity contribution is -0.0845. The minimum atomic E-state index is -3.35. The summed E-state index contributed by atoms with van der Waals surface area (Å²) in [6.07, 6.45) is -5.37. The Morgan fingerprint density at radius 3 is 2.45 bits per heavy atom. The van der Waals surface area contributed by atoms with Gasteiger partial charge in [-0.2, -0.15) is 0 Å². The number of nitrogens with zero attached hydrogens (tertiary/aromatic N) is 2. The van der Waals surface area contributed by atoms with E-state index in [9.17, 15) is 13.2 Å². The van der Waals surface area contributed by atoms with Gasteiger partial charge in [0.05, 0.1) is 12.7 Å². The molecule has 2 aromatic carbocycles. The third-order valence-corrected chi connectivity index (χ3v) is 7.92. The van der Waals surface area contributed by atoms with E-state index in [1.165, 1.54) is 0 Å². The Morgan fingerprint density at radius 1 is 1.05 bits per heavy atom. The molecule has 3 aromatic rings. The summed E-state index contributed by atoms with van der Waals surface area (Å²) in [5.41, 5.74) is 1.49. The first kappa shape index (κ1) is 26.9. The lowest BCUT2D eigenvalue weighted by Crippen LogP contribution is -2.50. The molecule has 3 heterocycles. The highest BCUT2D eigenvalue weighted by Crippen LogP contribution is 2.44. The summed E-state index contributed by atoms with van der Waals surface area (Å²) in [6, 6.07) is 7.31. The highest BCUT2D eigenvalue weighted by molar-refractivity contribution is 5.85. The van der Waals surface area contributed by atoms with E-state index in [0.29, 0.717) is 30.7 Å². The molecule has 3 unspecified atom stereocenters. The van der Waals surface area contributed by atoms with Gasteiger partial charge in [0, 0.05) is 59.6 Å². The monoisotopic (exact) mass is 538 g/mol. The summed E-state index contributed by atoms with van der Waals surface area (Å²) in [4.78, 5) is 6.11.